The first kappa shape index (κ1) is 16.1. The van der Waals surface area contributed by atoms with Gasteiger partial charge >= 0.3 is 0 Å². The van der Waals surface area contributed by atoms with Crippen LogP contribution in [-0.2, 0) is 0 Å². The van der Waals surface area contributed by atoms with Crippen LogP contribution in [0.3, 0.4) is 0 Å². The van der Waals surface area contributed by atoms with E-state index in [0.717, 1.165) is 11.4 Å². The van der Waals surface area contributed by atoms with Crippen LogP contribution in [0.15, 0.2) is 91.0 Å². The van der Waals surface area contributed by atoms with E-state index >= 15 is 0 Å². The number of thiophene rings is 1. The maximum absolute atomic E-state index is 8.97. The Kier molecular flexibility index (Phi) is 4.51. The summed E-state index contributed by atoms with van der Waals surface area (Å²) in [6, 6.07) is 32.7. The van der Waals surface area contributed by atoms with Crippen molar-refractivity contribution in [3.05, 3.63) is 96.6 Å². The fourth-order valence-electron chi connectivity index (χ4n) is 2.82. The van der Waals surface area contributed by atoms with Gasteiger partial charge in [0.25, 0.3) is 0 Å². The second-order valence-corrected chi connectivity index (χ2v) is 6.95. The van der Waals surface area contributed by atoms with Crippen LogP contribution in [-0.4, -0.2) is 0 Å². The van der Waals surface area contributed by atoms with Crippen LogP contribution < -0.4 is 5.32 Å². The molecule has 0 aliphatic heterocycles. The van der Waals surface area contributed by atoms with Gasteiger partial charge in [-0.1, -0.05) is 60.7 Å². The molecule has 0 aliphatic rings. The molecule has 1 aromatic heterocycles. The summed E-state index contributed by atoms with van der Waals surface area (Å²) in [6.45, 7) is 0. The standard InChI is InChI=1S/C23H16N2S/c24-16-17-11-13-20(14-12-17)25-21-15-22(18-7-3-1-4-8-18)26-23(21)19-9-5-2-6-10-19/h1-15,25H. The van der Waals surface area contributed by atoms with Crippen LogP contribution in [0, 0.1) is 11.3 Å². The topological polar surface area (TPSA) is 35.8 Å². The van der Waals surface area contributed by atoms with E-state index in [1.165, 1.54) is 20.9 Å². The van der Waals surface area contributed by atoms with E-state index in [2.05, 4.69) is 66.0 Å². The van der Waals surface area contributed by atoms with E-state index in [0.29, 0.717) is 5.56 Å². The minimum atomic E-state index is 0.661. The van der Waals surface area contributed by atoms with Gasteiger partial charge in [0.15, 0.2) is 0 Å². The molecular formula is C23H16N2S. The highest BCUT2D eigenvalue weighted by atomic mass is 32.1. The lowest BCUT2D eigenvalue weighted by atomic mass is 10.1. The molecule has 0 amide bonds. The maximum Gasteiger partial charge on any atom is 0.0991 e. The van der Waals surface area contributed by atoms with E-state index in [-0.39, 0.29) is 0 Å². The Labute approximate surface area is 157 Å². The first-order valence-corrected chi connectivity index (χ1v) is 9.17. The second-order valence-electron chi connectivity index (χ2n) is 5.90. The second kappa shape index (κ2) is 7.26. The molecule has 0 atom stereocenters. The number of hydrogen-bond donors (Lipinski definition) is 1. The summed E-state index contributed by atoms with van der Waals surface area (Å²) in [5, 5.41) is 12.5. The molecule has 3 aromatic carbocycles. The van der Waals surface area contributed by atoms with Gasteiger partial charge in [0.2, 0.25) is 0 Å². The van der Waals surface area contributed by atoms with Crippen molar-refractivity contribution in [2.24, 2.45) is 0 Å². The van der Waals surface area contributed by atoms with Gasteiger partial charge in [-0.25, -0.2) is 0 Å². The molecule has 1 N–H and O–H groups in total. The average Bonchev–Trinajstić information content (AvgIpc) is 3.14. The summed E-state index contributed by atoms with van der Waals surface area (Å²) >= 11 is 1.78. The fraction of sp³-hybridized carbons (Fsp3) is 0. The van der Waals surface area contributed by atoms with Gasteiger partial charge in [0, 0.05) is 10.6 Å². The summed E-state index contributed by atoms with van der Waals surface area (Å²) in [7, 11) is 0. The smallest absolute Gasteiger partial charge is 0.0991 e. The lowest BCUT2D eigenvalue weighted by molar-refractivity contribution is 1.48. The fourth-order valence-corrected chi connectivity index (χ4v) is 3.94. The number of nitriles is 1. The Morgan fingerprint density at radius 3 is 1.96 bits per heavy atom. The third-order valence-corrected chi connectivity index (χ3v) is 5.35. The van der Waals surface area contributed by atoms with Crippen molar-refractivity contribution < 1.29 is 0 Å². The summed E-state index contributed by atoms with van der Waals surface area (Å²) in [6.07, 6.45) is 0. The molecule has 1 heterocycles. The number of anilines is 2. The summed E-state index contributed by atoms with van der Waals surface area (Å²) in [5.41, 5.74) is 5.11. The molecule has 0 fully saturated rings. The third kappa shape index (κ3) is 3.37. The molecule has 0 spiro atoms. The number of nitrogens with zero attached hydrogens (tertiary/aromatic N) is 1. The van der Waals surface area contributed by atoms with Gasteiger partial charge in [-0.2, -0.15) is 5.26 Å². The van der Waals surface area contributed by atoms with Gasteiger partial charge in [-0.05, 0) is 41.5 Å². The van der Waals surface area contributed by atoms with Gasteiger partial charge in [0.05, 0.1) is 22.2 Å². The minimum absolute atomic E-state index is 0.661. The van der Waals surface area contributed by atoms with E-state index in [1.54, 1.807) is 11.3 Å². The van der Waals surface area contributed by atoms with Gasteiger partial charge < -0.3 is 5.32 Å². The normalized spacial score (nSPS) is 10.3. The Morgan fingerprint density at radius 2 is 1.35 bits per heavy atom. The molecule has 0 saturated carbocycles. The van der Waals surface area contributed by atoms with Gasteiger partial charge in [0.1, 0.15) is 0 Å². The first-order chi connectivity index (χ1) is 12.8. The van der Waals surface area contributed by atoms with Crippen molar-refractivity contribution in [1.29, 1.82) is 5.26 Å². The van der Waals surface area contributed by atoms with Gasteiger partial charge in [-0.15, -0.1) is 11.3 Å². The van der Waals surface area contributed by atoms with E-state index in [1.807, 2.05) is 36.4 Å². The van der Waals surface area contributed by atoms with Crippen LogP contribution in [0.2, 0.25) is 0 Å². The maximum atomic E-state index is 8.97. The van der Waals surface area contributed by atoms with Crippen LogP contribution >= 0.6 is 11.3 Å². The van der Waals surface area contributed by atoms with Crippen molar-refractivity contribution in [2.45, 2.75) is 0 Å². The van der Waals surface area contributed by atoms with E-state index in [9.17, 15) is 0 Å². The van der Waals surface area contributed by atoms with E-state index in [4.69, 9.17) is 5.26 Å². The molecule has 2 nitrogen and oxygen atoms in total. The van der Waals surface area contributed by atoms with Crippen LogP contribution in [0.5, 0.6) is 0 Å². The molecular weight excluding hydrogens is 336 g/mol. The molecule has 0 radical (unpaired) electrons. The Bertz CT molecular complexity index is 1040. The number of hydrogen-bond acceptors (Lipinski definition) is 3. The van der Waals surface area contributed by atoms with Crippen LogP contribution in [0.25, 0.3) is 20.9 Å². The Hall–Kier alpha value is -3.35. The molecule has 0 unspecified atom stereocenters. The minimum Gasteiger partial charge on any atom is -0.354 e. The summed E-state index contributed by atoms with van der Waals surface area (Å²) in [4.78, 5) is 2.43. The summed E-state index contributed by atoms with van der Waals surface area (Å²) in [5.74, 6) is 0. The largest absolute Gasteiger partial charge is 0.354 e. The number of rotatable bonds is 4. The van der Waals surface area contributed by atoms with Gasteiger partial charge in [-0.3, -0.25) is 0 Å². The lowest BCUT2D eigenvalue weighted by Crippen LogP contribution is -1.90. The number of benzene rings is 3. The van der Waals surface area contributed by atoms with Crippen molar-refractivity contribution in [2.75, 3.05) is 5.32 Å². The zero-order valence-electron chi connectivity index (χ0n) is 14.0. The monoisotopic (exact) mass is 352 g/mol. The summed E-state index contributed by atoms with van der Waals surface area (Å²) < 4.78 is 0. The molecule has 3 heteroatoms. The molecule has 124 valence electrons. The highest BCUT2D eigenvalue weighted by Gasteiger charge is 2.12. The SMILES string of the molecule is N#Cc1ccc(Nc2cc(-c3ccccc3)sc2-c2ccccc2)cc1. The Balaban J connectivity index is 1.76. The molecule has 4 rings (SSSR count). The third-order valence-electron chi connectivity index (χ3n) is 4.12. The molecule has 4 aromatic rings. The molecule has 0 aliphatic carbocycles. The van der Waals surface area contributed by atoms with Crippen molar-refractivity contribution >= 4 is 22.7 Å². The highest BCUT2D eigenvalue weighted by molar-refractivity contribution is 7.19. The number of nitrogens with one attached hydrogen (secondary N) is 1. The van der Waals surface area contributed by atoms with Crippen molar-refractivity contribution in [3.8, 4) is 27.0 Å². The van der Waals surface area contributed by atoms with E-state index < -0.39 is 0 Å². The molecule has 26 heavy (non-hydrogen) atoms. The van der Waals surface area contributed by atoms with Crippen LogP contribution in [0.4, 0.5) is 11.4 Å². The predicted molar refractivity (Wildman–Crippen MR) is 110 cm³/mol. The predicted octanol–water partition coefficient (Wildman–Crippen LogP) is 6.70. The van der Waals surface area contributed by atoms with Crippen molar-refractivity contribution in [1.82, 2.24) is 0 Å². The molecule has 0 saturated heterocycles. The lowest BCUT2D eigenvalue weighted by Gasteiger charge is -2.07. The first-order valence-electron chi connectivity index (χ1n) is 8.35. The zero-order chi connectivity index (χ0) is 17.8. The van der Waals surface area contributed by atoms with Crippen LogP contribution in [0.1, 0.15) is 5.56 Å². The van der Waals surface area contributed by atoms with Crippen molar-refractivity contribution in [3.63, 3.8) is 0 Å². The quantitative estimate of drug-likeness (QED) is 0.444. The Morgan fingerprint density at radius 1 is 0.731 bits per heavy atom. The average molecular weight is 352 g/mol. The zero-order valence-corrected chi connectivity index (χ0v) is 14.8. The molecule has 0 bridgehead atoms. The highest BCUT2D eigenvalue weighted by Crippen LogP contribution is 2.42.